The lowest BCUT2D eigenvalue weighted by molar-refractivity contribution is 0.520. The number of aryl methyl sites for hydroxylation is 1. The maximum atomic E-state index is 6.21. The summed E-state index contributed by atoms with van der Waals surface area (Å²) in [5.41, 5.74) is 2.53. The Morgan fingerprint density at radius 2 is 1.89 bits per heavy atom. The Bertz CT molecular complexity index is 499. The van der Waals surface area contributed by atoms with Crippen LogP contribution in [0, 0.1) is 0 Å². The lowest BCUT2D eigenvalue weighted by Gasteiger charge is -2.17. The lowest BCUT2D eigenvalue weighted by atomic mass is 9.99. The molecule has 1 aromatic heterocycles. The van der Waals surface area contributed by atoms with Gasteiger partial charge in [0.05, 0.1) is 0 Å². The Balaban J connectivity index is 1.92. The summed E-state index contributed by atoms with van der Waals surface area (Å²) in [6.07, 6.45) is 6.79. The first-order valence-corrected chi connectivity index (χ1v) is 6.97. The van der Waals surface area contributed by atoms with Crippen molar-refractivity contribution < 1.29 is 0 Å². The molecule has 1 N–H and O–H groups in total. The van der Waals surface area contributed by atoms with E-state index < -0.39 is 0 Å². The quantitative estimate of drug-likeness (QED) is 0.872. The van der Waals surface area contributed by atoms with E-state index in [0.29, 0.717) is 6.04 Å². The van der Waals surface area contributed by atoms with Gasteiger partial charge in [0.25, 0.3) is 0 Å². The summed E-state index contributed by atoms with van der Waals surface area (Å²) in [6.45, 7) is 0. The fourth-order valence-electron chi connectivity index (χ4n) is 2.17. The summed E-state index contributed by atoms with van der Waals surface area (Å²) in [6, 6.07) is 12.6. The number of rotatable bonds is 6. The first-order valence-electron chi connectivity index (χ1n) is 6.59. The molecule has 0 aliphatic carbocycles. The minimum absolute atomic E-state index is 0.438. The van der Waals surface area contributed by atoms with E-state index in [9.17, 15) is 0 Å². The van der Waals surface area contributed by atoms with Crippen molar-refractivity contribution in [3.8, 4) is 0 Å². The highest BCUT2D eigenvalue weighted by atomic mass is 35.5. The molecular formula is C16H19ClN2. The number of hydrogen-bond donors (Lipinski definition) is 1. The van der Waals surface area contributed by atoms with Crippen molar-refractivity contribution >= 4 is 11.6 Å². The van der Waals surface area contributed by atoms with Gasteiger partial charge in [-0.15, -0.1) is 0 Å². The number of nitrogens with one attached hydrogen (secondary N) is 1. The Kier molecular flexibility index (Phi) is 5.37. The van der Waals surface area contributed by atoms with Gasteiger partial charge in [0, 0.05) is 23.5 Å². The van der Waals surface area contributed by atoms with Gasteiger partial charge in [-0.2, -0.15) is 0 Å². The molecule has 1 unspecified atom stereocenters. The second-order valence-electron chi connectivity index (χ2n) is 4.68. The van der Waals surface area contributed by atoms with Crippen molar-refractivity contribution in [2.75, 3.05) is 7.05 Å². The Morgan fingerprint density at radius 1 is 1.16 bits per heavy atom. The van der Waals surface area contributed by atoms with Crippen LogP contribution in [0.1, 0.15) is 17.5 Å². The molecule has 0 saturated carbocycles. The van der Waals surface area contributed by atoms with E-state index >= 15 is 0 Å². The molecule has 0 saturated heterocycles. The zero-order chi connectivity index (χ0) is 13.5. The van der Waals surface area contributed by atoms with E-state index in [1.807, 2.05) is 37.6 Å². The van der Waals surface area contributed by atoms with Crippen LogP contribution in [0.25, 0.3) is 0 Å². The average Bonchev–Trinajstić information content (AvgIpc) is 2.46. The third kappa shape index (κ3) is 4.34. The lowest BCUT2D eigenvalue weighted by Crippen LogP contribution is -2.28. The minimum atomic E-state index is 0.438. The van der Waals surface area contributed by atoms with Crippen LogP contribution in [0.2, 0.25) is 5.02 Å². The van der Waals surface area contributed by atoms with Crippen LogP contribution in [-0.2, 0) is 12.8 Å². The van der Waals surface area contributed by atoms with Gasteiger partial charge in [0.15, 0.2) is 0 Å². The molecule has 0 spiro atoms. The molecule has 1 atom stereocenters. The molecule has 0 radical (unpaired) electrons. The van der Waals surface area contributed by atoms with Crippen LogP contribution in [0.3, 0.4) is 0 Å². The first-order chi connectivity index (χ1) is 9.29. The molecule has 3 heteroatoms. The van der Waals surface area contributed by atoms with E-state index in [0.717, 1.165) is 24.3 Å². The molecule has 2 rings (SSSR count). The summed E-state index contributed by atoms with van der Waals surface area (Å²) in [5.74, 6) is 0. The third-order valence-electron chi connectivity index (χ3n) is 3.36. The highest BCUT2D eigenvalue weighted by molar-refractivity contribution is 6.31. The van der Waals surface area contributed by atoms with Gasteiger partial charge in [0.1, 0.15) is 0 Å². The maximum Gasteiger partial charge on any atom is 0.0438 e. The van der Waals surface area contributed by atoms with E-state index in [1.165, 1.54) is 11.1 Å². The molecule has 0 aliphatic heterocycles. The SMILES string of the molecule is CNC(CCc1ccncc1)Cc1ccccc1Cl. The summed E-state index contributed by atoms with van der Waals surface area (Å²) >= 11 is 6.21. The van der Waals surface area contributed by atoms with Gasteiger partial charge in [-0.05, 0) is 55.6 Å². The first kappa shape index (κ1) is 14.0. The van der Waals surface area contributed by atoms with Gasteiger partial charge < -0.3 is 5.32 Å². The van der Waals surface area contributed by atoms with E-state index in [2.05, 4.69) is 28.5 Å². The van der Waals surface area contributed by atoms with Crippen LogP contribution in [0.5, 0.6) is 0 Å². The third-order valence-corrected chi connectivity index (χ3v) is 3.73. The fraction of sp³-hybridized carbons (Fsp3) is 0.312. The largest absolute Gasteiger partial charge is 0.317 e. The molecule has 19 heavy (non-hydrogen) atoms. The number of nitrogens with zero attached hydrogens (tertiary/aromatic N) is 1. The summed E-state index contributed by atoms with van der Waals surface area (Å²) < 4.78 is 0. The van der Waals surface area contributed by atoms with Crippen LogP contribution in [-0.4, -0.2) is 18.1 Å². The molecule has 2 nitrogen and oxygen atoms in total. The van der Waals surface area contributed by atoms with Gasteiger partial charge in [0.2, 0.25) is 0 Å². The van der Waals surface area contributed by atoms with Crippen molar-refractivity contribution in [3.63, 3.8) is 0 Å². The van der Waals surface area contributed by atoms with E-state index in [1.54, 1.807) is 0 Å². The highest BCUT2D eigenvalue weighted by Gasteiger charge is 2.09. The van der Waals surface area contributed by atoms with Crippen molar-refractivity contribution in [1.29, 1.82) is 0 Å². The number of aromatic nitrogens is 1. The number of benzene rings is 1. The molecular weight excluding hydrogens is 256 g/mol. The number of halogens is 1. The van der Waals surface area contributed by atoms with Gasteiger partial charge in [-0.1, -0.05) is 29.8 Å². The standard InChI is InChI=1S/C16H19ClN2/c1-18-15(7-6-13-8-10-19-11-9-13)12-14-4-2-3-5-16(14)17/h2-5,8-11,15,18H,6-7,12H2,1H3. The van der Waals surface area contributed by atoms with Crippen molar-refractivity contribution in [2.24, 2.45) is 0 Å². The summed E-state index contributed by atoms with van der Waals surface area (Å²) in [5, 5.41) is 4.23. The van der Waals surface area contributed by atoms with Crippen molar-refractivity contribution in [1.82, 2.24) is 10.3 Å². The fourth-order valence-corrected chi connectivity index (χ4v) is 2.38. The predicted octanol–water partition coefficient (Wildman–Crippen LogP) is 3.50. The second-order valence-corrected chi connectivity index (χ2v) is 5.08. The summed E-state index contributed by atoms with van der Waals surface area (Å²) in [4.78, 5) is 4.04. The molecule has 0 amide bonds. The smallest absolute Gasteiger partial charge is 0.0438 e. The Hall–Kier alpha value is -1.38. The second kappa shape index (κ2) is 7.27. The molecule has 1 aromatic carbocycles. The predicted molar refractivity (Wildman–Crippen MR) is 80.6 cm³/mol. The zero-order valence-electron chi connectivity index (χ0n) is 11.1. The van der Waals surface area contributed by atoms with Gasteiger partial charge >= 0.3 is 0 Å². The number of hydrogen-bond acceptors (Lipinski definition) is 2. The average molecular weight is 275 g/mol. The maximum absolute atomic E-state index is 6.21. The molecule has 0 fully saturated rings. The number of likely N-dealkylation sites (N-methyl/N-ethyl adjacent to an activating group) is 1. The topological polar surface area (TPSA) is 24.9 Å². The Labute approximate surface area is 119 Å². The van der Waals surface area contributed by atoms with Crippen molar-refractivity contribution in [3.05, 3.63) is 64.9 Å². The van der Waals surface area contributed by atoms with E-state index in [-0.39, 0.29) is 0 Å². The number of pyridine rings is 1. The van der Waals surface area contributed by atoms with Gasteiger partial charge in [-0.3, -0.25) is 4.98 Å². The van der Waals surface area contributed by atoms with Crippen LogP contribution < -0.4 is 5.32 Å². The summed E-state index contributed by atoms with van der Waals surface area (Å²) in [7, 11) is 2.01. The van der Waals surface area contributed by atoms with Crippen LogP contribution in [0.4, 0.5) is 0 Å². The Morgan fingerprint density at radius 3 is 2.58 bits per heavy atom. The van der Waals surface area contributed by atoms with Crippen LogP contribution in [0.15, 0.2) is 48.8 Å². The van der Waals surface area contributed by atoms with Crippen LogP contribution >= 0.6 is 11.6 Å². The van der Waals surface area contributed by atoms with Crippen molar-refractivity contribution in [2.45, 2.75) is 25.3 Å². The molecule has 2 aromatic rings. The molecule has 1 heterocycles. The molecule has 0 aliphatic rings. The highest BCUT2D eigenvalue weighted by Crippen LogP contribution is 2.18. The monoisotopic (exact) mass is 274 g/mol. The molecule has 0 bridgehead atoms. The normalized spacial score (nSPS) is 12.3. The molecule has 100 valence electrons. The van der Waals surface area contributed by atoms with E-state index in [4.69, 9.17) is 11.6 Å². The van der Waals surface area contributed by atoms with Gasteiger partial charge in [-0.25, -0.2) is 0 Å². The minimum Gasteiger partial charge on any atom is -0.317 e. The zero-order valence-corrected chi connectivity index (χ0v) is 11.9.